The molecule has 26 heavy (non-hydrogen) atoms. The molecule has 6 atom stereocenters. The van der Waals surface area contributed by atoms with Crippen molar-refractivity contribution in [2.45, 2.75) is 70.6 Å². The summed E-state index contributed by atoms with van der Waals surface area (Å²) in [5.74, 6) is 1.79. The second-order valence-electron chi connectivity index (χ2n) is 9.06. The first-order chi connectivity index (χ1) is 12.5. The maximum atomic E-state index is 12.1. The van der Waals surface area contributed by atoms with Crippen molar-refractivity contribution >= 4 is 5.97 Å². The van der Waals surface area contributed by atoms with Gasteiger partial charge in [0, 0.05) is 26.6 Å². The molecule has 1 N–H and O–H groups in total. The summed E-state index contributed by atoms with van der Waals surface area (Å²) < 4.78 is 11.2. The topological polar surface area (TPSA) is 63.0 Å². The van der Waals surface area contributed by atoms with Crippen LogP contribution in [0, 0.1) is 29.6 Å². The number of methoxy groups -OCH3 is 2. The Balaban J connectivity index is 1.76. The van der Waals surface area contributed by atoms with E-state index in [0.29, 0.717) is 23.7 Å². The molecule has 0 aromatic rings. The lowest BCUT2D eigenvalue weighted by molar-refractivity contribution is -0.934. The number of likely N-dealkylation sites (tertiary alicyclic amines) is 1. The third kappa shape index (κ3) is 4.26. The Kier molecular flexibility index (Phi) is 6.98. The van der Waals surface area contributed by atoms with E-state index in [4.69, 9.17) is 9.47 Å². The van der Waals surface area contributed by atoms with Gasteiger partial charge in [-0.3, -0.25) is 0 Å². The molecule has 3 aliphatic rings. The summed E-state index contributed by atoms with van der Waals surface area (Å²) in [6, 6.07) is -0.385. The van der Waals surface area contributed by atoms with Crippen LogP contribution in [0.2, 0.25) is 0 Å². The zero-order chi connectivity index (χ0) is 18.7. The smallest absolute Gasteiger partial charge is 0.165 e. The van der Waals surface area contributed by atoms with Gasteiger partial charge in [0.2, 0.25) is 0 Å². The average Bonchev–Trinajstić information content (AvgIpc) is 3.02. The quantitative estimate of drug-likeness (QED) is 0.679. The van der Waals surface area contributed by atoms with E-state index in [1.165, 1.54) is 49.8 Å². The molecule has 5 heteroatoms. The zero-order valence-electron chi connectivity index (χ0n) is 16.7. The molecule has 0 amide bonds. The summed E-state index contributed by atoms with van der Waals surface area (Å²) >= 11 is 0. The highest BCUT2D eigenvalue weighted by atomic mass is 16.7. The Morgan fingerprint density at radius 2 is 1.73 bits per heavy atom. The third-order valence-corrected chi connectivity index (χ3v) is 7.67. The van der Waals surface area contributed by atoms with Crippen molar-refractivity contribution in [1.82, 2.24) is 0 Å². The van der Waals surface area contributed by atoms with E-state index in [0.717, 1.165) is 19.5 Å². The molecule has 2 aliphatic carbocycles. The average molecular weight is 368 g/mol. The normalized spacial score (nSPS) is 36.8. The molecule has 1 heterocycles. The molecule has 3 rings (SSSR count). The number of carboxylic acids is 1. The number of rotatable bonds is 7. The lowest BCUT2D eigenvalue weighted by Gasteiger charge is -2.45. The van der Waals surface area contributed by atoms with Gasteiger partial charge >= 0.3 is 0 Å². The van der Waals surface area contributed by atoms with E-state index in [1.54, 1.807) is 14.2 Å². The van der Waals surface area contributed by atoms with Gasteiger partial charge in [-0.05, 0) is 30.6 Å². The molecule has 0 spiro atoms. The van der Waals surface area contributed by atoms with Crippen molar-refractivity contribution in [3.8, 4) is 0 Å². The lowest BCUT2D eigenvalue weighted by atomic mass is 9.76. The minimum Gasteiger partial charge on any atom is -0.544 e. The van der Waals surface area contributed by atoms with Gasteiger partial charge in [0.25, 0.3) is 0 Å². The molecule has 2 saturated carbocycles. The van der Waals surface area contributed by atoms with Gasteiger partial charge < -0.3 is 24.3 Å². The summed E-state index contributed by atoms with van der Waals surface area (Å²) in [5.41, 5.74) is 0. The highest BCUT2D eigenvalue weighted by Gasteiger charge is 2.50. The molecule has 0 radical (unpaired) electrons. The van der Waals surface area contributed by atoms with Crippen molar-refractivity contribution in [1.29, 1.82) is 0 Å². The molecule has 0 aromatic carbocycles. The minimum atomic E-state index is -0.861. The Labute approximate surface area is 158 Å². The van der Waals surface area contributed by atoms with Crippen LogP contribution in [0.3, 0.4) is 0 Å². The number of nitrogens with one attached hydrogen (secondary N) is 1. The zero-order valence-corrected chi connectivity index (χ0v) is 16.7. The highest BCUT2D eigenvalue weighted by molar-refractivity contribution is 5.69. The summed E-state index contributed by atoms with van der Waals surface area (Å²) in [6.45, 7) is 4.12. The van der Waals surface area contributed by atoms with Crippen LogP contribution in [0.5, 0.6) is 0 Å². The maximum absolute atomic E-state index is 12.1. The molecule has 0 aromatic heterocycles. The first-order valence-corrected chi connectivity index (χ1v) is 10.7. The van der Waals surface area contributed by atoms with Crippen LogP contribution < -0.4 is 10.0 Å². The predicted octanol–water partition coefficient (Wildman–Crippen LogP) is 0.871. The number of quaternary nitrogens is 1. The van der Waals surface area contributed by atoms with E-state index in [2.05, 4.69) is 6.92 Å². The second kappa shape index (κ2) is 9.03. The SMILES string of the molecule is COC(OC)C1C[NH+]([C@@H](CC2CCCCC2)C(=O)[O-])CC2C1CC[C@@H]2C. The van der Waals surface area contributed by atoms with Crippen LogP contribution in [0.15, 0.2) is 0 Å². The molecular weight excluding hydrogens is 330 g/mol. The number of aliphatic carboxylic acids is 1. The number of fused-ring (bicyclic) bond motifs is 1. The number of piperidine rings is 1. The summed E-state index contributed by atoms with van der Waals surface area (Å²) in [5, 5.41) is 12.1. The van der Waals surface area contributed by atoms with E-state index in [9.17, 15) is 9.90 Å². The Morgan fingerprint density at radius 1 is 1.04 bits per heavy atom. The summed E-state index contributed by atoms with van der Waals surface area (Å²) in [4.78, 5) is 13.3. The number of hydrogen-bond donors (Lipinski definition) is 1. The molecule has 150 valence electrons. The molecule has 3 fully saturated rings. The van der Waals surface area contributed by atoms with Gasteiger partial charge in [0.1, 0.15) is 6.04 Å². The second-order valence-corrected chi connectivity index (χ2v) is 9.06. The van der Waals surface area contributed by atoms with Crippen LogP contribution in [0.4, 0.5) is 0 Å². The highest BCUT2D eigenvalue weighted by Crippen LogP contribution is 2.43. The van der Waals surface area contributed by atoms with E-state index in [-0.39, 0.29) is 18.2 Å². The standard InChI is InChI=1S/C21H37NO4/c1-14-9-10-16-17(14)12-22(13-18(16)21(25-2)26-3)19(20(23)24)11-15-7-5-4-6-8-15/h14-19,21H,4-13H2,1-3H3,(H,23,24)/t14-,16?,17?,18?,19-/m0/s1. The van der Waals surface area contributed by atoms with Crippen LogP contribution >= 0.6 is 0 Å². The van der Waals surface area contributed by atoms with Gasteiger partial charge in [0.15, 0.2) is 6.29 Å². The van der Waals surface area contributed by atoms with Crippen LogP contribution in [0.25, 0.3) is 0 Å². The maximum Gasteiger partial charge on any atom is 0.165 e. The number of hydrogen-bond acceptors (Lipinski definition) is 4. The van der Waals surface area contributed by atoms with Crippen molar-refractivity contribution in [3.63, 3.8) is 0 Å². The van der Waals surface area contributed by atoms with Crippen molar-refractivity contribution < 1.29 is 24.3 Å². The van der Waals surface area contributed by atoms with E-state index < -0.39 is 5.97 Å². The Bertz CT molecular complexity index is 461. The minimum absolute atomic E-state index is 0.236. The van der Waals surface area contributed by atoms with Gasteiger partial charge in [-0.1, -0.05) is 39.0 Å². The fourth-order valence-electron chi connectivity index (χ4n) is 6.24. The van der Waals surface area contributed by atoms with Gasteiger partial charge in [-0.15, -0.1) is 0 Å². The first-order valence-electron chi connectivity index (χ1n) is 10.7. The Morgan fingerprint density at radius 3 is 2.35 bits per heavy atom. The van der Waals surface area contributed by atoms with Crippen LogP contribution in [0.1, 0.15) is 58.3 Å². The molecule has 1 saturated heterocycles. The number of carbonyl (C=O) groups excluding carboxylic acids is 1. The lowest BCUT2D eigenvalue weighted by Crippen LogP contribution is -3.20. The van der Waals surface area contributed by atoms with Gasteiger partial charge in [-0.25, -0.2) is 0 Å². The Hall–Kier alpha value is -0.650. The first kappa shape index (κ1) is 20.1. The monoisotopic (exact) mass is 367 g/mol. The molecule has 0 bridgehead atoms. The van der Waals surface area contributed by atoms with Gasteiger partial charge in [-0.2, -0.15) is 0 Å². The molecule has 1 aliphatic heterocycles. The number of ether oxygens (including phenoxy) is 2. The summed E-state index contributed by atoms with van der Waals surface area (Å²) in [6.07, 6.45) is 9.16. The van der Waals surface area contributed by atoms with Crippen LogP contribution in [-0.2, 0) is 14.3 Å². The van der Waals surface area contributed by atoms with Crippen LogP contribution in [-0.4, -0.2) is 45.6 Å². The fraction of sp³-hybridized carbons (Fsp3) is 0.952. The van der Waals surface area contributed by atoms with Crippen molar-refractivity contribution in [2.24, 2.45) is 29.6 Å². The molecule has 5 nitrogen and oxygen atoms in total. The third-order valence-electron chi connectivity index (χ3n) is 7.67. The van der Waals surface area contributed by atoms with E-state index >= 15 is 0 Å². The van der Waals surface area contributed by atoms with Gasteiger partial charge in [0.05, 0.1) is 25.0 Å². The molecule has 4 unspecified atom stereocenters. The van der Waals surface area contributed by atoms with E-state index in [1.807, 2.05) is 0 Å². The van der Waals surface area contributed by atoms with Crippen molar-refractivity contribution in [3.05, 3.63) is 0 Å². The number of carbonyl (C=O) groups is 1. The predicted molar refractivity (Wildman–Crippen MR) is 97.4 cm³/mol. The largest absolute Gasteiger partial charge is 0.544 e. The fourth-order valence-corrected chi connectivity index (χ4v) is 6.24. The molecular formula is C21H37NO4. The number of carboxylic acid groups (broad SMARTS) is 1. The van der Waals surface area contributed by atoms with Crippen molar-refractivity contribution in [2.75, 3.05) is 27.3 Å². The summed E-state index contributed by atoms with van der Waals surface area (Å²) in [7, 11) is 3.40.